The van der Waals surface area contributed by atoms with Gasteiger partial charge in [-0.05, 0) is 42.3 Å². The van der Waals surface area contributed by atoms with Gasteiger partial charge in [-0.2, -0.15) is 8.42 Å². The highest BCUT2D eigenvalue weighted by molar-refractivity contribution is 7.90. The van der Waals surface area contributed by atoms with Crippen LogP contribution in [0.5, 0.6) is 0 Å². The number of fused-ring (bicyclic) bond motifs is 1. The highest BCUT2D eigenvalue weighted by Gasteiger charge is 2.25. The Morgan fingerprint density at radius 2 is 1.44 bits per heavy atom. The summed E-state index contributed by atoms with van der Waals surface area (Å²) in [6, 6.07) is 24.7. The number of nitrogens with zero attached hydrogens (tertiary/aromatic N) is 2. The minimum absolute atomic E-state index is 0.215. The fourth-order valence-electron chi connectivity index (χ4n) is 3.24. The molecule has 0 amide bonds. The van der Waals surface area contributed by atoms with Crippen molar-refractivity contribution >= 4 is 21.5 Å². The molecule has 0 radical (unpaired) electrons. The molecular weight excluding hydrogens is 356 g/mol. The van der Waals surface area contributed by atoms with Gasteiger partial charge in [0.2, 0.25) is 0 Å². The summed E-state index contributed by atoms with van der Waals surface area (Å²) < 4.78 is 30.0. The number of hydrogen-bond acceptors (Lipinski definition) is 2. The maximum absolute atomic E-state index is 12.9. The van der Waals surface area contributed by atoms with Crippen LogP contribution in [-0.2, 0) is 23.0 Å². The summed E-state index contributed by atoms with van der Waals surface area (Å²) in [5.74, 6) is 0.542. The number of aryl methyl sites for hydroxylation is 1. The van der Waals surface area contributed by atoms with E-state index in [1.807, 2.05) is 60.4 Å². The molecule has 0 spiro atoms. The molecule has 0 saturated carbocycles. The Labute approximate surface area is 159 Å². The van der Waals surface area contributed by atoms with Crippen molar-refractivity contribution in [2.24, 2.45) is 4.40 Å². The van der Waals surface area contributed by atoms with Crippen LogP contribution in [0.25, 0.3) is 0 Å². The van der Waals surface area contributed by atoms with E-state index in [1.54, 1.807) is 24.3 Å². The van der Waals surface area contributed by atoms with E-state index in [4.69, 9.17) is 0 Å². The van der Waals surface area contributed by atoms with Gasteiger partial charge in [-0.1, -0.05) is 60.2 Å². The van der Waals surface area contributed by atoms with E-state index in [1.165, 1.54) is 5.56 Å². The Morgan fingerprint density at radius 3 is 2.15 bits per heavy atom. The van der Waals surface area contributed by atoms with Crippen LogP contribution in [0.2, 0.25) is 0 Å². The first kappa shape index (κ1) is 17.5. The van der Waals surface area contributed by atoms with Crippen LogP contribution in [0.15, 0.2) is 88.2 Å². The molecule has 0 bridgehead atoms. The molecule has 0 atom stereocenters. The van der Waals surface area contributed by atoms with Crippen LogP contribution in [0.1, 0.15) is 16.7 Å². The average molecular weight is 376 g/mol. The number of benzene rings is 3. The molecule has 0 fully saturated rings. The Kier molecular flexibility index (Phi) is 4.54. The van der Waals surface area contributed by atoms with Gasteiger partial charge in [0, 0.05) is 18.7 Å². The fraction of sp³-hybridized carbons (Fsp3) is 0.136. The maximum atomic E-state index is 12.9. The summed E-state index contributed by atoms with van der Waals surface area (Å²) in [4.78, 5) is 2.20. The molecule has 4 nitrogen and oxygen atoms in total. The van der Waals surface area contributed by atoms with E-state index < -0.39 is 10.0 Å². The summed E-state index contributed by atoms with van der Waals surface area (Å²) in [5, 5.41) is 0. The summed E-state index contributed by atoms with van der Waals surface area (Å²) >= 11 is 0. The standard InChI is InChI=1S/C22H20N2O2S/c1-17-11-13-21(14-12-17)27(25,26)23-22-15-18-7-5-6-8-19(18)16-24(22)20-9-3-2-4-10-20/h2-14H,15-16H2,1H3/b23-22+. The number of sulfonamides is 1. The maximum Gasteiger partial charge on any atom is 0.283 e. The number of anilines is 1. The molecule has 5 heteroatoms. The first-order valence-corrected chi connectivity index (χ1v) is 10.3. The van der Waals surface area contributed by atoms with Gasteiger partial charge in [0.25, 0.3) is 10.0 Å². The summed E-state index contributed by atoms with van der Waals surface area (Å²) in [7, 11) is -3.77. The zero-order chi connectivity index (χ0) is 18.9. The molecule has 0 N–H and O–H groups in total. The highest BCUT2D eigenvalue weighted by Crippen LogP contribution is 2.27. The Bertz CT molecular complexity index is 1090. The predicted molar refractivity (Wildman–Crippen MR) is 109 cm³/mol. The van der Waals surface area contributed by atoms with E-state index in [0.29, 0.717) is 18.8 Å². The van der Waals surface area contributed by atoms with Gasteiger partial charge in [-0.15, -0.1) is 4.40 Å². The second-order valence-corrected chi connectivity index (χ2v) is 8.27. The van der Waals surface area contributed by atoms with Crippen molar-refractivity contribution in [1.82, 2.24) is 0 Å². The zero-order valence-electron chi connectivity index (χ0n) is 15.0. The monoisotopic (exact) mass is 376 g/mol. The normalized spacial score (nSPS) is 15.6. The highest BCUT2D eigenvalue weighted by atomic mass is 32.2. The molecule has 1 aliphatic heterocycles. The Balaban J connectivity index is 1.80. The molecule has 0 aliphatic carbocycles. The summed E-state index contributed by atoms with van der Waals surface area (Å²) in [6.07, 6.45) is 0.482. The van der Waals surface area contributed by atoms with Crippen LogP contribution in [0.4, 0.5) is 5.69 Å². The van der Waals surface area contributed by atoms with Gasteiger partial charge in [0.05, 0.1) is 4.90 Å². The van der Waals surface area contributed by atoms with Crippen LogP contribution >= 0.6 is 0 Å². The number of para-hydroxylation sites is 1. The second-order valence-electron chi connectivity index (χ2n) is 6.66. The molecule has 0 aromatic heterocycles. The molecule has 3 aromatic carbocycles. The third-order valence-corrected chi connectivity index (χ3v) is 6.04. The van der Waals surface area contributed by atoms with Crippen LogP contribution in [-0.4, -0.2) is 14.3 Å². The first-order chi connectivity index (χ1) is 13.0. The fourth-order valence-corrected chi connectivity index (χ4v) is 4.27. The quantitative estimate of drug-likeness (QED) is 0.683. The smallest absolute Gasteiger partial charge is 0.283 e. The molecule has 4 rings (SSSR count). The van der Waals surface area contributed by atoms with Gasteiger partial charge in [0.1, 0.15) is 5.84 Å². The zero-order valence-corrected chi connectivity index (χ0v) is 15.9. The van der Waals surface area contributed by atoms with Crippen molar-refractivity contribution in [2.75, 3.05) is 4.90 Å². The molecule has 1 aliphatic rings. The van der Waals surface area contributed by atoms with Crippen LogP contribution in [0.3, 0.4) is 0 Å². The second kappa shape index (κ2) is 7.00. The van der Waals surface area contributed by atoms with Crippen LogP contribution in [0, 0.1) is 6.92 Å². The topological polar surface area (TPSA) is 49.7 Å². The largest absolute Gasteiger partial charge is 0.324 e. The molecular formula is C22H20N2O2S. The lowest BCUT2D eigenvalue weighted by Gasteiger charge is -2.31. The number of rotatable bonds is 3. The minimum Gasteiger partial charge on any atom is -0.324 e. The van der Waals surface area contributed by atoms with Gasteiger partial charge >= 0.3 is 0 Å². The Morgan fingerprint density at radius 1 is 0.815 bits per heavy atom. The summed E-state index contributed by atoms with van der Waals surface area (Å²) in [5.41, 5.74) is 4.25. The van der Waals surface area contributed by atoms with Gasteiger partial charge in [-0.3, -0.25) is 0 Å². The third-order valence-electron chi connectivity index (χ3n) is 4.72. The molecule has 27 heavy (non-hydrogen) atoms. The van der Waals surface area contributed by atoms with Crippen molar-refractivity contribution in [2.45, 2.75) is 24.8 Å². The van der Waals surface area contributed by atoms with Gasteiger partial charge in [0.15, 0.2) is 0 Å². The van der Waals surface area contributed by atoms with Crippen molar-refractivity contribution < 1.29 is 8.42 Å². The van der Waals surface area contributed by atoms with Crippen LogP contribution < -0.4 is 4.90 Å². The van der Waals surface area contributed by atoms with Crippen molar-refractivity contribution in [3.63, 3.8) is 0 Å². The lowest BCUT2D eigenvalue weighted by molar-refractivity contribution is 0.597. The molecule has 1 heterocycles. The third kappa shape index (κ3) is 3.64. The number of hydrogen-bond donors (Lipinski definition) is 0. The molecule has 136 valence electrons. The van der Waals surface area contributed by atoms with E-state index in [-0.39, 0.29) is 4.90 Å². The van der Waals surface area contributed by atoms with Crippen molar-refractivity contribution in [1.29, 1.82) is 0 Å². The number of amidine groups is 1. The minimum atomic E-state index is -3.77. The van der Waals surface area contributed by atoms with E-state index in [0.717, 1.165) is 16.8 Å². The molecule has 0 unspecified atom stereocenters. The lowest BCUT2D eigenvalue weighted by Crippen LogP contribution is -2.37. The average Bonchev–Trinajstić information content (AvgIpc) is 2.68. The van der Waals surface area contributed by atoms with Crippen molar-refractivity contribution in [3.8, 4) is 0 Å². The lowest BCUT2D eigenvalue weighted by atomic mass is 9.98. The van der Waals surface area contributed by atoms with E-state index in [2.05, 4.69) is 10.5 Å². The van der Waals surface area contributed by atoms with Crippen molar-refractivity contribution in [3.05, 3.63) is 95.6 Å². The van der Waals surface area contributed by atoms with Gasteiger partial charge < -0.3 is 4.90 Å². The predicted octanol–water partition coefficient (Wildman–Crippen LogP) is 4.35. The van der Waals surface area contributed by atoms with E-state index >= 15 is 0 Å². The SMILES string of the molecule is Cc1ccc(S(=O)(=O)/N=C2\Cc3ccccc3CN2c2ccccc2)cc1. The summed E-state index contributed by atoms with van der Waals surface area (Å²) in [6.45, 7) is 2.53. The molecule has 0 saturated heterocycles. The van der Waals surface area contributed by atoms with Gasteiger partial charge in [-0.25, -0.2) is 0 Å². The van der Waals surface area contributed by atoms with E-state index in [9.17, 15) is 8.42 Å². The molecule has 3 aromatic rings. The Hall–Kier alpha value is -2.92. The first-order valence-electron chi connectivity index (χ1n) is 8.83.